The average molecular weight is 397 g/mol. The number of nitrogens with one attached hydrogen (secondary N) is 1. The molecule has 0 fully saturated rings. The van der Waals surface area contributed by atoms with Crippen LogP contribution in [-0.4, -0.2) is 43.6 Å². The third-order valence-electron chi connectivity index (χ3n) is 4.22. The number of anilines is 1. The molecule has 3 aromatic rings. The van der Waals surface area contributed by atoms with Gasteiger partial charge in [0.1, 0.15) is 17.3 Å². The molecule has 8 heteroatoms. The predicted molar refractivity (Wildman–Crippen MR) is 108 cm³/mol. The van der Waals surface area contributed by atoms with Crippen LogP contribution in [0.4, 0.5) is 5.82 Å². The number of carbonyl (C=O) groups excluding carboxylic acids is 1. The van der Waals surface area contributed by atoms with Gasteiger partial charge in [-0.05, 0) is 30.3 Å². The minimum absolute atomic E-state index is 0.125. The fourth-order valence-electron chi connectivity index (χ4n) is 2.80. The molecule has 0 unspecified atom stereocenters. The van der Waals surface area contributed by atoms with Crippen LogP contribution in [0.3, 0.4) is 0 Å². The molecule has 0 atom stereocenters. The summed E-state index contributed by atoms with van der Waals surface area (Å²) in [5.41, 5.74) is 0.875. The molecule has 2 aromatic carbocycles. The molecule has 1 amide bonds. The van der Waals surface area contributed by atoms with Crippen LogP contribution in [0.1, 0.15) is 5.56 Å². The van der Waals surface area contributed by atoms with E-state index in [1.165, 1.54) is 0 Å². The highest BCUT2D eigenvalue weighted by molar-refractivity contribution is 5.91. The Balaban J connectivity index is 1.63. The van der Waals surface area contributed by atoms with E-state index in [0.717, 1.165) is 11.3 Å². The molecule has 3 rings (SSSR count). The van der Waals surface area contributed by atoms with Crippen LogP contribution in [0.5, 0.6) is 23.0 Å². The summed E-state index contributed by atoms with van der Waals surface area (Å²) in [6.07, 6.45) is 1.62. The van der Waals surface area contributed by atoms with Crippen LogP contribution in [-0.2, 0) is 11.3 Å². The van der Waals surface area contributed by atoms with Gasteiger partial charge >= 0.3 is 0 Å². The maximum atomic E-state index is 12.3. The normalized spacial score (nSPS) is 10.3. The third kappa shape index (κ3) is 4.98. The zero-order chi connectivity index (χ0) is 20.6. The van der Waals surface area contributed by atoms with E-state index in [1.54, 1.807) is 62.5 Å². The number of carbonyl (C=O) groups is 1. The maximum absolute atomic E-state index is 12.3. The van der Waals surface area contributed by atoms with Crippen molar-refractivity contribution in [3.8, 4) is 23.0 Å². The Morgan fingerprint density at radius 3 is 2.41 bits per heavy atom. The van der Waals surface area contributed by atoms with Crippen molar-refractivity contribution in [1.82, 2.24) is 9.78 Å². The summed E-state index contributed by atoms with van der Waals surface area (Å²) in [7, 11) is 4.77. The molecule has 0 spiro atoms. The molecular weight excluding hydrogens is 374 g/mol. The summed E-state index contributed by atoms with van der Waals surface area (Å²) < 4.78 is 23.1. The van der Waals surface area contributed by atoms with Crippen molar-refractivity contribution in [3.63, 3.8) is 0 Å². The molecule has 152 valence electrons. The lowest BCUT2D eigenvalue weighted by Crippen LogP contribution is -2.22. The monoisotopic (exact) mass is 397 g/mol. The minimum atomic E-state index is -0.292. The van der Waals surface area contributed by atoms with Crippen molar-refractivity contribution in [2.75, 3.05) is 33.3 Å². The average Bonchev–Trinajstić information content (AvgIpc) is 3.18. The fraction of sp³-hybridized carbons (Fsp3) is 0.238. The zero-order valence-corrected chi connectivity index (χ0v) is 16.5. The predicted octanol–water partition coefficient (Wildman–Crippen LogP) is 2.97. The van der Waals surface area contributed by atoms with Gasteiger partial charge in [-0.15, -0.1) is 0 Å². The number of nitrogens with zero attached hydrogens (tertiary/aromatic N) is 2. The van der Waals surface area contributed by atoms with E-state index in [9.17, 15) is 4.79 Å². The lowest BCUT2D eigenvalue weighted by molar-refractivity contribution is -0.118. The van der Waals surface area contributed by atoms with Gasteiger partial charge in [0.05, 0.1) is 34.1 Å². The number of aromatic nitrogens is 2. The summed E-state index contributed by atoms with van der Waals surface area (Å²) in [6, 6.07) is 14.4. The molecule has 1 heterocycles. The molecule has 1 aromatic heterocycles. The molecule has 0 saturated carbocycles. The Hall–Kier alpha value is -3.68. The van der Waals surface area contributed by atoms with E-state index in [-0.39, 0.29) is 12.5 Å². The smallest absolute Gasteiger partial charge is 0.263 e. The summed E-state index contributed by atoms with van der Waals surface area (Å²) in [4.78, 5) is 12.3. The van der Waals surface area contributed by atoms with E-state index in [1.807, 2.05) is 18.2 Å². The molecular formula is C21H23N3O5. The number of hydrogen-bond acceptors (Lipinski definition) is 6. The van der Waals surface area contributed by atoms with Gasteiger partial charge in [-0.1, -0.05) is 12.1 Å². The van der Waals surface area contributed by atoms with E-state index < -0.39 is 0 Å². The van der Waals surface area contributed by atoms with Gasteiger partial charge in [0.2, 0.25) is 0 Å². The second kappa shape index (κ2) is 9.50. The first-order valence-corrected chi connectivity index (χ1v) is 8.93. The molecule has 0 saturated heterocycles. The molecule has 0 aliphatic heterocycles. The van der Waals surface area contributed by atoms with Gasteiger partial charge < -0.3 is 24.3 Å². The number of amides is 1. The fourth-order valence-corrected chi connectivity index (χ4v) is 2.80. The Morgan fingerprint density at radius 2 is 1.72 bits per heavy atom. The van der Waals surface area contributed by atoms with Crippen LogP contribution in [0.2, 0.25) is 0 Å². The molecule has 8 nitrogen and oxygen atoms in total. The summed E-state index contributed by atoms with van der Waals surface area (Å²) in [5.74, 6) is 2.83. The third-order valence-corrected chi connectivity index (χ3v) is 4.22. The van der Waals surface area contributed by atoms with Crippen molar-refractivity contribution in [3.05, 3.63) is 60.3 Å². The van der Waals surface area contributed by atoms with Gasteiger partial charge in [-0.3, -0.25) is 4.79 Å². The van der Waals surface area contributed by atoms with E-state index in [0.29, 0.717) is 29.6 Å². The minimum Gasteiger partial charge on any atom is -0.497 e. The number of methoxy groups -OCH3 is 3. The Labute approximate surface area is 169 Å². The number of hydrogen-bond donors (Lipinski definition) is 1. The van der Waals surface area contributed by atoms with E-state index >= 15 is 0 Å². The quantitative estimate of drug-likeness (QED) is 0.598. The van der Waals surface area contributed by atoms with Crippen LogP contribution < -0.4 is 24.3 Å². The van der Waals surface area contributed by atoms with Crippen molar-refractivity contribution in [2.24, 2.45) is 0 Å². The first-order valence-electron chi connectivity index (χ1n) is 8.93. The first-order chi connectivity index (χ1) is 14.1. The molecule has 0 aliphatic rings. The van der Waals surface area contributed by atoms with Gasteiger partial charge in [-0.25, -0.2) is 4.68 Å². The van der Waals surface area contributed by atoms with Crippen LogP contribution in [0.25, 0.3) is 0 Å². The number of benzene rings is 2. The lowest BCUT2D eigenvalue weighted by Gasteiger charge is -2.14. The highest BCUT2D eigenvalue weighted by atomic mass is 16.5. The maximum Gasteiger partial charge on any atom is 0.263 e. The summed E-state index contributed by atoms with van der Waals surface area (Å²) >= 11 is 0. The van der Waals surface area contributed by atoms with Gasteiger partial charge in [0.15, 0.2) is 18.1 Å². The summed E-state index contributed by atoms with van der Waals surface area (Å²) in [6.45, 7) is 0.280. The van der Waals surface area contributed by atoms with E-state index in [2.05, 4.69) is 10.4 Å². The van der Waals surface area contributed by atoms with Crippen molar-refractivity contribution in [2.45, 2.75) is 6.54 Å². The number of ether oxygens (including phenoxy) is 4. The van der Waals surface area contributed by atoms with Crippen LogP contribution >= 0.6 is 0 Å². The Morgan fingerprint density at radius 1 is 0.966 bits per heavy atom. The topological polar surface area (TPSA) is 83.8 Å². The Kier molecular flexibility index (Phi) is 6.57. The molecule has 1 N–H and O–H groups in total. The number of rotatable bonds is 9. The first kappa shape index (κ1) is 20.1. The van der Waals surface area contributed by atoms with Crippen molar-refractivity contribution >= 4 is 11.7 Å². The highest BCUT2D eigenvalue weighted by Gasteiger charge is 2.13. The second-order valence-corrected chi connectivity index (χ2v) is 6.04. The largest absolute Gasteiger partial charge is 0.497 e. The van der Waals surface area contributed by atoms with Crippen LogP contribution in [0.15, 0.2) is 54.7 Å². The second-order valence-electron chi connectivity index (χ2n) is 6.04. The van der Waals surface area contributed by atoms with Gasteiger partial charge in [0, 0.05) is 11.6 Å². The summed E-state index contributed by atoms with van der Waals surface area (Å²) in [5, 5.41) is 7.09. The Bertz CT molecular complexity index is 953. The lowest BCUT2D eigenvalue weighted by atomic mass is 10.2. The number of para-hydroxylation sites is 1. The zero-order valence-electron chi connectivity index (χ0n) is 16.5. The van der Waals surface area contributed by atoms with Gasteiger partial charge in [0.25, 0.3) is 5.91 Å². The van der Waals surface area contributed by atoms with E-state index in [4.69, 9.17) is 18.9 Å². The van der Waals surface area contributed by atoms with Gasteiger partial charge in [-0.2, -0.15) is 5.10 Å². The van der Waals surface area contributed by atoms with Crippen molar-refractivity contribution in [1.29, 1.82) is 0 Å². The SMILES string of the molecule is COc1ccc(OCC(=O)Nc2ccnn2Cc2cccc(OC)c2OC)cc1. The molecule has 0 radical (unpaired) electrons. The molecule has 0 bridgehead atoms. The highest BCUT2D eigenvalue weighted by Crippen LogP contribution is 2.31. The standard InChI is InChI=1S/C21H23N3O5/c1-26-16-7-9-17(10-8-16)29-14-20(25)23-19-11-12-22-24(19)13-15-5-4-6-18(27-2)21(15)28-3/h4-12H,13-14H2,1-3H3,(H,23,25). The molecule has 29 heavy (non-hydrogen) atoms. The van der Waals surface area contributed by atoms with Crippen LogP contribution in [0, 0.1) is 0 Å². The van der Waals surface area contributed by atoms with Crippen molar-refractivity contribution < 1.29 is 23.7 Å². The molecule has 0 aliphatic carbocycles.